The summed E-state index contributed by atoms with van der Waals surface area (Å²) >= 11 is 7.53. The lowest BCUT2D eigenvalue weighted by atomic mass is 10.1. The van der Waals surface area contributed by atoms with Crippen LogP contribution in [-0.4, -0.2) is 5.91 Å². The number of carbonyl (C=O) groups excluding carboxylic acids is 1. The molecule has 2 rings (SSSR count). The molecule has 0 aliphatic carbocycles. The molecule has 0 saturated heterocycles. The highest BCUT2D eigenvalue weighted by Crippen LogP contribution is 2.17. The van der Waals surface area contributed by atoms with Crippen LogP contribution in [0.5, 0.6) is 0 Å². The van der Waals surface area contributed by atoms with Gasteiger partial charge in [-0.25, -0.2) is 0 Å². The lowest BCUT2D eigenvalue weighted by Gasteiger charge is -2.13. The monoisotopic (exact) mass is 291 g/mol. The van der Waals surface area contributed by atoms with E-state index in [-0.39, 0.29) is 11.9 Å². The van der Waals surface area contributed by atoms with E-state index in [9.17, 15) is 4.79 Å². The Balaban J connectivity index is 1.95. The zero-order valence-electron chi connectivity index (χ0n) is 10.5. The molecule has 19 heavy (non-hydrogen) atoms. The fourth-order valence-electron chi connectivity index (χ4n) is 1.66. The minimum absolute atomic E-state index is 0.0702. The molecule has 0 aliphatic rings. The van der Waals surface area contributed by atoms with Gasteiger partial charge < -0.3 is 5.32 Å². The summed E-state index contributed by atoms with van der Waals surface area (Å²) in [7, 11) is 0. The molecule has 0 unspecified atom stereocenters. The maximum atomic E-state index is 11.8. The van der Waals surface area contributed by atoms with Gasteiger partial charge in [-0.05, 0) is 42.1 Å². The first-order chi connectivity index (χ1) is 9.15. The topological polar surface area (TPSA) is 29.1 Å². The van der Waals surface area contributed by atoms with E-state index in [4.69, 9.17) is 11.6 Å². The number of hydrogen-bond donors (Lipinski definition) is 1. The summed E-state index contributed by atoms with van der Waals surface area (Å²) < 4.78 is 0. The summed E-state index contributed by atoms with van der Waals surface area (Å²) in [5.74, 6) is -0.110. The van der Waals surface area contributed by atoms with Crippen LogP contribution in [0, 0.1) is 0 Å². The van der Waals surface area contributed by atoms with Gasteiger partial charge in [-0.1, -0.05) is 29.8 Å². The predicted molar refractivity (Wildman–Crippen MR) is 81.4 cm³/mol. The van der Waals surface area contributed by atoms with Crippen LogP contribution >= 0.6 is 22.9 Å². The zero-order valence-corrected chi connectivity index (χ0v) is 12.0. The van der Waals surface area contributed by atoms with Gasteiger partial charge in [-0.15, -0.1) is 11.3 Å². The van der Waals surface area contributed by atoms with E-state index < -0.39 is 0 Å². The highest BCUT2D eigenvalue weighted by molar-refractivity contribution is 7.10. The average molecular weight is 292 g/mol. The maximum absolute atomic E-state index is 11.8. The van der Waals surface area contributed by atoms with Crippen molar-refractivity contribution in [3.63, 3.8) is 0 Å². The second kappa shape index (κ2) is 6.55. The summed E-state index contributed by atoms with van der Waals surface area (Å²) in [6.07, 6.45) is 3.36. The first-order valence-corrected chi connectivity index (χ1v) is 7.18. The van der Waals surface area contributed by atoms with Crippen molar-refractivity contribution in [1.29, 1.82) is 0 Å². The van der Waals surface area contributed by atoms with Gasteiger partial charge in [0.15, 0.2) is 0 Å². The Kier molecular flexibility index (Phi) is 4.77. The Labute approximate surface area is 121 Å². The quantitative estimate of drug-likeness (QED) is 0.837. The van der Waals surface area contributed by atoms with Crippen LogP contribution in [0.3, 0.4) is 0 Å². The van der Waals surface area contributed by atoms with Gasteiger partial charge in [0.1, 0.15) is 0 Å². The lowest BCUT2D eigenvalue weighted by Crippen LogP contribution is -2.24. The molecule has 1 aromatic heterocycles. The third kappa shape index (κ3) is 4.23. The Bertz CT molecular complexity index is 578. The lowest BCUT2D eigenvalue weighted by molar-refractivity contribution is -0.117. The van der Waals surface area contributed by atoms with Crippen molar-refractivity contribution in [3.05, 3.63) is 63.3 Å². The highest BCUT2D eigenvalue weighted by atomic mass is 35.5. The summed E-state index contributed by atoms with van der Waals surface area (Å²) in [6, 6.07) is 11.3. The first-order valence-electron chi connectivity index (χ1n) is 5.93. The molecule has 0 spiro atoms. The number of hydrogen-bond acceptors (Lipinski definition) is 2. The Morgan fingerprint density at radius 2 is 2.21 bits per heavy atom. The van der Waals surface area contributed by atoms with Crippen molar-refractivity contribution in [1.82, 2.24) is 5.32 Å². The van der Waals surface area contributed by atoms with Crippen LogP contribution in [0.4, 0.5) is 0 Å². The molecule has 0 bridgehead atoms. The normalized spacial score (nSPS) is 12.5. The SMILES string of the molecule is C[C@H](NC(=O)/C=C/c1cccs1)c1cccc(Cl)c1. The molecule has 0 saturated carbocycles. The van der Waals surface area contributed by atoms with E-state index in [0.717, 1.165) is 10.4 Å². The number of benzene rings is 1. The number of halogens is 1. The molecular formula is C15H14ClNOS. The number of carbonyl (C=O) groups is 1. The molecule has 1 N–H and O–H groups in total. The predicted octanol–water partition coefficient (Wildman–Crippen LogP) is 4.29. The summed E-state index contributed by atoms with van der Waals surface area (Å²) in [6.45, 7) is 1.93. The number of nitrogens with one attached hydrogen (secondary N) is 1. The second-order valence-corrected chi connectivity index (χ2v) is 5.55. The van der Waals surface area contributed by atoms with Crippen LogP contribution in [0.15, 0.2) is 47.9 Å². The van der Waals surface area contributed by atoms with E-state index in [2.05, 4.69) is 5.32 Å². The second-order valence-electron chi connectivity index (χ2n) is 4.13. The van der Waals surface area contributed by atoms with Crippen molar-refractivity contribution in [2.75, 3.05) is 0 Å². The van der Waals surface area contributed by atoms with Crippen molar-refractivity contribution >= 4 is 34.9 Å². The van der Waals surface area contributed by atoms with E-state index >= 15 is 0 Å². The highest BCUT2D eigenvalue weighted by Gasteiger charge is 2.07. The van der Waals surface area contributed by atoms with Gasteiger partial charge in [0.25, 0.3) is 0 Å². The molecule has 1 amide bonds. The first kappa shape index (κ1) is 13.8. The fraction of sp³-hybridized carbons (Fsp3) is 0.133. The number of amides is 1. The van der Waals surface area contributed by atoms with Crippen LogP contribution < -0.4 is 5.32 Å². The minimum Gasteiger partial charge on any atom is -0.346 e. The van der Waals surface area contributed by atoms with Gasteiger partial charge in [0.2, 0.25) is 5.91 Å². The molecule has 2 aromatic rings. The number of rotatable bonds is 4. The third-order valence-electron chi connectivity index (χ3n) is 2.65. The summed E-state index contributed by atoms with van der Waals surface area (Å²) in [5, 5.41) is 5.56. The van der Waals surface area contributed by atoms with Crippen molar-refractivity contribution in [2.45, 2.75) is 13.0 Å². The van der Waals surface area contributed by atoms with E-state index in [1.165, 1.54) is 0 Å². The van der Waals surface area contributed by atoms with E-state index in [1.807, 2.05) is 54.8 Å². The van der Waals surface area contributed by atoms with Gasteiger partial charge in [0, 0.05) is 16.0 Å². The number of thiophene rings is 1. The smallest absolute Gasteiger partial charge is 0.244 e. The Morgan fingerprint density at radius 1 is 1.37 bits per heavy atom. The van der Waals surface area contributed by atoms with Gasteiger partial charge in [0.05, 0.1) is 6.04 Å². The molecule has 4 heteroatoms. The van der Waals surface area contributed by atoms with E-state index in [1.54, 1.807) is 17.4 Å². The van der Waals surface area contributed by atoms with Gasteiger partial charge in [-0.3, -0.25) is 4.79 Å². The standard InChI is InChI=1S/C15H14ClNOS/c1-11(12-4-2-5-13(16)10-12)17-15(18)8-7-14-6-3-9-19-14/h2-11H,1H3,(H,17,18)/b8-7+/t11-/m0/s1. The molecule has 98 valence electrons. The van der Waals surface area contributed by atoms with Crippen LogP contribution in [0.2, 0.25) is 5.02 Å². The maximum Gasteiger partial charge on any atom is 0.244 e. The van der Waals surface area contributed by atoms with Crippen molar-refractivity contribution in [2.24, 2.45) is 0 Å². The largest absolute Gasteiger partial charge is 0.346 e. The van der Waals surface area contributed by atoms with Gasteiger partial charge >= 0.3 is 0 Å². The Hall–Kier alpha value is -1.58. The average Bonchev–Trinajstić information content (AvgIpc) is 2.89. The molecule has 1 heterocycles. The molecule has 1 atom stereocenters. The van der Waals surface area contributed by atoms with Crippen LogP contribution in [-0.2, 0) is 4.79 Å². The van der Waals surface area contributed by atoms with E-state index in [0.29, 0.717) is 5.02 Å². The third-order valence-corrected chi connectivity index (χ3v) is 3.72. The van der Waals surface area contributed by atoms with Crippen LogP contribution in [0.25, 0.3) is 6.08 Å². The van der Waals surface area contributed by atoms with Crippen molar-refractivity contribution in [3.8, 4) is 0 Å². The minimum atomic E-state index is -0.110. The summed E-state index contributed by atoms with van der Waals surface area (Å²) in [5.41, 5.74) is 0.991. The zero-order chi connectivity index (χ0) is 13.7. The molecule has 1 aromatic carbocycles. The van der Waals surface area contributed by atoms with Crippen LogP contribution in [0.1, 0.15) is 23.4 Å². The van der Waals surface area contributed by atoms with Gasteiger partial charge in [-0.2, -0.15) is 0 Å². The molecule has 0 fully saturated rings. The fourth-order valence-corrected chi connectivity index (χ4v) is 2.48. The molecule has 0 aliphatic heterocycles. The molecule has 2 nitrogen and oxygen atoms in total. The summed E-state index contributed by atoms with van der Waals surface area (Å²) in [4.78, 5) is 12.8. The molecular weight excluding hydrogens is 278 g/mol. The molecule has 0 radical (unpaired) electrons. The van der Waals surface area contributed by atoms with Crippen molar-refractivity contribution < 1.29 is 4.79 Å². The Morgan fingerprint density at radius 3 is 2.89 bits per heavy atom.